The number of thiophene rings is 1. The molecule has 0 unspecified atom stereocenters. The molecular weight excluding hydrogens is 743 g/mol. The van der Waals surface area contributed by atoms with Crippen molar-refractivity contribution in [3.63, 3.8) is 0 Å². The van der Waals surface area contributed by atoms with E-state index in [2.05, 4.69) is 229 Å². The molecule has 1 aliphatic carbocycles. The SMILES string of the molecule is c1c(-c2ccccc2N(C2=CC=C(c3ccc(-c4ccccc4)cc3)CC2)c2ccc(-c3ccccc3-c3cccc4ccccc34)cc2)cc2sc3ccccc3c2c#1. The van der Waals surface area contributed by atoms with Gasteiger partial charge in [0.1, 0.15) is 0 Å². The van der Waals surface area contributed by atoms with Gasteiger partial charge in [-0.3, -0.25) is 0 Å². The minimum absolute atomic E-state index is 0.900. The van der Waals surface area contributed by atoms with E-state index >= 15 is 0 Å². The van der Waals surface area contributed by atoms with Crippen LogP contribution in [0.2, 0.25) is 0 Å². The number of rotatable bonds is 8. The highest BCUT2D eigenvalue weighted by atomic mass is 32.1. The lowest BCUT2D eigenvalue weighted by Gasteiger charge is -2.31. The van der Waals surface area contributed by atoms with Gasteiger partial charge in [0.2, 0.25) is 0 Å². The molecule has 0 fully saturated rings. The molecule has 0 aliphatic heterocycles. The van der Waals surface area contributed by atoms with Crippen LogP contribution in [0.1, 0.15) is 18.4 Å². The highest BCUT2D eigenvalue weighted by molar-refractivity contribution is 7.25. The first-order valence-corrected chi connectivity index (χ1v) is 21.4. The van der Waals surface area contributed by atoms with Crippen molar-refractivity contribution >= 4 is 59.2 Å². The number of para-hydroxylation sites is 1. The molecule has 1 aliphatic rings. The summed E-state index contributed by atoms with van der Waals surface area (Å²) < 4.78 is 2.50. The number of nitrogens with zero attached hydrogens (tertiary/aromatic N) is 1. The lowest BCUT2D eigenvalue weighted by atomic mass is 9.91. The van der Waals surface area contributed by atoms with Crippen molar-refractivity contribution < 1.29 is 0 Å². The summed E-state index contributed by atoms with van der Waals surface area (Å²) in [6.07, 6.45) is 6.50. The van der Waals surface area contributed by atoms with Gasteiger partial charge in [0.05, 0.1) is 11.1 Å². The fourth-order valence-corrected chi connectivity index (χ4v) is 9.98. The molecule has 0 saturated heterocycles. The summed E-state index contributed by atoms with van der Waals surface area (Å²) in [6, 6.07) is 79.7. The third kappa shape index (κ3) is 6.56. The largest absolute Gasteiger partial charge is 0.314 e. The third-order valence-electron chi connectivity index (χ3n) is 11.9. The number of fused-ring (bicyclic) bond motifs is 4. The van der Waals surface area contributed by atoms with E-state index in [4.69, 9.17) is 0 Å². The molecule has 60 heavy (non-hydrogen) atoms. The van der Waals surface area contributed by atoms with Gasteiger partial charge in [-0.15, -0.1) is 11.3 Å². The van der Waals surface area contributed by atoms with Gasteiger partial charge in [-0.05, 0) is 105 Å². The summed E-state index contributed by atoms with van der Waals surface area (Å²) in [5, 5.41) is 4.89. The Balaban J connectivity index is 1.00. The van der Waals surface area contributed by atoms with Crippen LogP contribution in [-0.4, -0.2) is 0 Å². The van der Waals surface area contributed by atoms with Crippen LogP contribution in [0, 0.1) is 12.1 Å². The van der Waals surface area contributed by atoms with Gasteiger partial charge in [0.15, 0.2) is 0 Å². The normalized spacial score (nSPS) is 12.6. The molecular formula is C58H39NS. The quantitative estimate of drug-likeness (QED) is 0.148. The second-order valence-corrected chi connectivity index (χ2v) is 16.5. The standard InChI is InChI=1S/C58H39NS/c1-2-13-40(14-3-1)41-25-27-42(28-26-41)43-29-34-47(35-30-43)59(56-23-10-8-19-51(56)46-33-38-55-54-21-9-11-24-57(54)60-58(55)39-46)48-36-31-45(32-37-48)50-18-6-7-20-52(50)53-22-12-16-44-15-4-5-17-49(44)53/h1-29,31-32,34,36-37,39H,30,35H2. The molecule has 1 heterocycles. The van der Waals surface area contributed by atoms with Gasteiger partial charge in [0.25, 0.3) is 0 Å². The average molecular weight is 782 g/mol. The molecule has 0 bridgehead atoms. The highest BCUT2D eigenvalue weighted by Gasteiger charge is 2.22. The zero-order valence-corrected chi connectivity index (χ0v) is 33.8. The molecule has 1 nitrogen and oxygen atoms in total. The van der Waals surface area contributed by atoms with E-state index in [1.165, 1.54) is 75.8 Å². The molecule has 282 valence electrons. The Morgan fingerprint density at radius 2 is 1.05 bits per heavy atom. The Morgan fingerprint density at radius 3 is 1.87 bits per heavy atom. The number of benzene rings is 8. The number of hydrogen-bond donors (Lipinski definition) is 0. The van der Waals surface area contributed by atoms with Crippen molar-refractivity contribution in [2.24, 2.45) is 0 Å². The van der Waals surface area contributed by atoms with Crippen molar-refractivity contribution in [2.75, 3.05) is 4.90 Å². The van der Waals surface area contributed by atoms with Gasteiger partial charge in [-0.1, -0.05) is 188 Å². The second kappa shape index (κ2) is 15.4. The van der Waals surface area contributed by atoms with Crippen LogP contribution in [0.5, 0.6) is 0 Å². The Kier molecular flexibility index (Phi) is 9.15. The van der Waals surface area contributed by atoms with Crippen LogP contribution in [0.15, 0.2) is 218 Å². The van der Waals surface area contributed by atoms with E-state index in [0.29, 0.717) is 0 Å². The molecule has 1 aromatic heterocycles. The summed E-state index contributed by atoms with van der Waals surface area (Å²) in [4.78, 5) is 2.46. The molecule has 0 N–H and O–H groups in total. The van der Waals surface area contributed by atoms with Crippen LogP contribution in [-0.2, 0) is 0 Å². The van der Waals surface area contributed by atoms with Crippen molar-refractivity contribution in [1.82, 2.24) is 0 Å². The van der Waals surface area contributed by atoms with Crippen LogP contribution in [0.3, 0.4) is 0 Å². The molecule has 9 aromatic carbocycles. The molecule has 0 saturated carbocycles. The van der Waals surface area contributed by atoms with Gasteiger partial charge < -0.3 is 4.90 Å². The zero-order chi connectivity index (χ0) is 39.8. The summed E-state index contributed by atoms with van der Waals surface area (Å²) in [5.74, 6) is 0. The monoisotopic (exact) mass is 781 g/mol. The molecule has 0 amide bonds. The molecule has 11 rings (SSSR count). The van der Waals surface area contributed by atoms with Gasteiger partial charge >= 0.3 is 0 Å². The van der Waals surface area contributed by atoms with Crippen molar-refractivity contribution in [3.8, 4) is 44.5 Å². The summed E-state index contributed by atoms with van der Waals surface area (Å²) >= 11 is 1.82. The number of allylic oxidation sites excluding steroid dienone is 4. The van der Waals surface area contributed by atoms with E-state index < -0.39 is 0 Å². The zero-order valence-electron chi connectivity index (χ0n) is 33.0. The summed E-state index contributed by atoms with van der Waals surface area (Å²) in [6.45, 7) is 0. The molecule has 0 spiro atoms. The van der Waals surface area contributed by atoms with Crippen LogP contribution >= 0.6 is 11.3 Å². The Labute approximate surface area is 355 Å². The van der Waals surface area contributed by atoms with Crippen LogP contribution < -0.4 is 4.90 Å². The minimum Gasteiger partial charge on any atom is -0.314 e. The maximum atomic E-state index is 3.59. The lowest BCUT2D eigenvalue weighted by Crippen LogP contribution is -2.18. The van der Waals surface area contributed by atoms with Crippen molar-refractivity contribution in [2.45, 2.75) is 12.8 Å². The van der Waals surface area contributed by atoms with E-state index in [9.17, 15) is 0 Å². The molecule has 0 atom stereocenters. The second-order valence-electron chi connectivity index (χ2n) is 15.4. The minimum atomic E-state index is 0.900. The number of hydrogen-bond acceptors (Lipinski definition) is 2. The van der Waals surface area contributed by atoms with E-state index in [1.807, 2.05) is 11.3 Å². The maximum Gasteiger partial charge on any atom is 0.0543 e. The summed E-state index contributed by atoms with van der Waals surface area (Å²) in [5.41, 5.74) is 15.7. The topological polar surface area (TPSA) is 3.24 Å². The van der Waals surface area contributed by atoms with E-state index in [-0.39, 0.29) is 0 Å². The van der Waals surface area contributed by atoms with Crippen molar-refractivity contribution in [1.29, 1.82) is 0 Å². The Bertz CT molecular complexity index is 3230. The fraction of sp³-hybridized carbons (Fsp3) is 0.0345. The average Bonchev–Trinajstić information content (AvgIpc) is 3.70. The smallest absolute Gasteiger partial charge is 0.0543 e. The Morgan fingerprint density at radius 1 is 0.417 bits per heavy atom. The van der Waals surface area contributed by atoms with Crippen molar-refractivity contribution in [3.05, 3.63) is 236 Å². The van der Waals surface area contributed by atoms with E-state index in [0.717, 1.165) is 40.7 Å². The molecule has 2 heteroatoms. The first kappa shape index (κ1) is 35.7. The van der Waals surface area contributed by atoms with Gasteiger partial charge in [-0.2, -0.15) is 0 Å². The fourth-order valence-electron chi connectivity index (χ4n) is 8.87. The van der Waals surface area contributed by atoms with Crippen LogP contribution in [0.4, 0.5) is 11.4 Å². The lowest BCUT2D eigenvalue weighted by molar-refractivity contribution is 0.930. The maximum absolute atomic E-state index is 3.59. The van der Waals surface area contributed by atoms with Gasteiger partial charge in [0, 0.05) is 37.3 Å². The predicted octanol–water partition coefficient (Wildman–Crippen LogP) is 16.4. The predicted molar refractivity (Wildman–Crippen MR) is 257 cm³/mol. The molecule has 10 aromatic rings. The summed E-state index contributed by atoms with van der Waals surface area (Å²) in [7, 11) is 0. The first-order chi connectivity index (χ1) is 29.7. The highest BCUT2D eigenvalue weighted by Crippen LogP contribution is 2.44. The van der Waals surface area contributed by atoms with E-state index in [1.54, 1.807) is 0 Å². The number of anilines is 2. The Hall–Kier alpha value is -7.44. The van der Waals surface area contributed by atoms with Crippen LogP contribution in [0.25, 0.3) is 81.0 Å². The molecule has 0 radical (unpaired) electrons. The third-order valence-corrected chi connectivity index (χ3v) is 13.0. The van der Waals surface area contributed by atoms with Gasteiger partial charge in [-0.25, -0.2) is 0 Å². The first-order valence-electron chi connectivity index (χ1n) is 20.6.